The minimum Gasteiger partial charge on any atom is -0.340 e. The van der Waals surface area contributed by atoms with Gasteiger partial charge in [-0.15, -0.1) is 11.3 Å². The molecule has 2 heterocycles. The van der Waals surface area contributed by atoms with Crippen molar-refractivity contribution in [2.24, 2.45) is 0 Å². The topological polar surface area (TPSA) is 22.0 Å². The highest BCUT2D eigenvalue weighted by Crippen LogP contribution is 2.23. The number of aromatic nitrogens is 1. The van der Waals surface area contributed by atoms with Crippen LogP contribution >= 0.6 is 11.3 Å². The molecule has 0 aliphatic rings. The van der Waals surface area contributed by atoms with Gasteiger partial charge < -0.3 is 4.57 Å². The van der Waals surface area contributed by atoms with E-state index in [9.17, 15) is 9.18 Å². The van der Waals surface area contributed by atoms with Crippen molar-refractivity contribution in [3.8, 4) is 0 Å². The third kappa shape index (κ3) is 2.27. The Balaban J connectivity index is 1.93. The quantitative estimate of drug-likeness (QED) is 0.657. The fourth-order valence-corrected chi connectivity index (χ4v) is 3.40. The van der Waals surface area contributed by atoms with Crippen LogP contribution < -0.4 is 0 Å². The van der Waals surface area contributed by atoms with Gasteiger partial charge >= 0.3 is 0 Å². The van der Waals surface area contributed by atoms with Crippen LogP contribution in [-0.4, -0.2) is 10.4 Å². The molecule has 3 aromatic rings. The zero-order valence-electron chi connectivity index (χ0n) is 11.3. The van der Waals surface area contributed by atoms with Crippen molar-refractivity contribution in [2.45, 2.75) is 20.4 Å². The molecule has 0 aliphatic carbocycles. The van der Waals surface area contributed by atoms with E-state index < -0.39 is 0 Å². The molecule has 2 aromatic heterocycles. The Morgan fingerprint density at radius 3 is 2.75 bits per heavy atom. The van der Waals surface area contributed by atoms with Crippen LogP contribution in [-0.2, 0) is 6.54 Å². The van der Waals surface area contributed by atoms with E-state index in [-0.39, 0.29) is 18.1 Å². The van der Waals surface area contributed by atoms with E-state index in [2.05, 4.69) is 0 Å². The van der Waals surface area contributed by atoms with E-state index in [1.165, 1.54) is 12.1 Å². The summed E-state index contributed by atoms with van der Waals surface area (Å²) in [5.74, 6) is -0.167. The lowest BCUT2D eigenvalue weighted by Gasteiger charge is -2.04. The molecule has 2 nitrogen and oxygen atoms in total. The molecule has 0 spiro atoms. The van der Waals surface area contributed by atoms with Crippen LogP contribution in [0.1, 0.15) is 20.1 Å². The minimum atomic E-state index is -0.258. The lowest BCUT2D eigenvalue weighted by Crippen LogP contribution is -2.09. The van der Waals surface area contributed by atoms with E-state index in [4.69, 9.17) is 0 Å². The number of aryl methyl sites for hydroxylation is 2. The van der Waals surface area contributed by atoms with Crippen LogP contribution in [0.25, 0.3) is 10.9 Å². The maximum Gasteiger partial charge on any atom is 0.183 e. The number of benzene rings is 1. The number of carbonyl (C=O) groups is 1. The van der Waals surface area contributed by atoms with Gasteiger partial charge in [0, 0.05) is 32.4 Å². The van der Waals surface area contributed by atoms with Crippen molar-refractivity contribution in [3.63, 3.8) is 0 Å². The summed E-state index contributed by atoms with van der Waals surface area (Å²) in [5.41, 5.74) is 1.67. The molecule has 0 fully saturated rings. The Bertz CT molecular complexity index is 800. The molecule has 20 heavy (non-hydrogen) atoms. The molecule has 3 rings (SSSR count). The molecule has 0 amide bonds. The Kier molecular flexibility index (Phi) is 3.18. The van der Waals surface area contributed by atoms with Crippen LogP contribution in [0, 0.1) is 19.7 Å². The zero-order valence-corrected chi connectivity index (χ0v) is 12.1. The Morgan fingerprint density at radius 2 is 2.05 bits per heavy atom. The first-order chi connectivity index (χ1) is 9.54. The largest absolute Gasteiger partial charge is 0.340 e. The fraction of sp³-hybridized carbons (Fsp3) is 0.188. The van der Waals surface area contributed by atoms with Crippen LogP contribution in [0.15, 0.2) is 36.5 Å². The predicted molar refractivity (Wildman–Crippen MR) is 80.0 cm³/mol. The predicted octanol–water partition coefficient (Wildman–Crippen LogP) is 4.34. The molecule has 4 heteroatoms. The summed E-state index contributed by atoms with van der Waals surface area (Å²) in [5, 5.41) is 0.816. The van der Waals surface area contributed by atoms with Gasteiger partial charge in [-0.1, -0.05) is 0 Å². The summed E-state index contributed by atoms with van der Waals surface area (Å²) in [4.78, 5) is 14.6. The van der Waals surface area contributed by atoms with Crippen molar-refractivity contribution in [1.82, 2.24) is 4.57 Å². The summed E-state index contributed by atoms with van der Waals surface area (Å²) < 4.78 is 15.0. The lowest BCUT2D eigenvalue weighted by atomic mass is 10.1. The van der Waals surface area contributed by atoms with Gasteiger partial charge in [-0.3, -0.25) is 4.79 Å². The number of fused-ring (bicyclic) bond motifs is 1. The summed E-state index contributed by atoms with van der Waals surface area (Å²) in [6.45, 7) is 4.25. The summed E-state index contributed by atoms with van der Waals surface area (Å²) in [6, 6.07) is 8.38. The zero-order chi connectivity index (χ0) is 14.3. The van der Waals surface area contributed by atoms with Gasteiger partial charge in [-0.2, -0.15) is 0 Å². The normalized spacial score (nSPS) is 11.2. The smallest absolute Gasteiger partial charge is 0.183 e. The van der Waals surface area contributed by atoms with Gasteiger partial charge in [0.1, 0.15) is 5.82 Å². The van der Waals surface area contributed by atoms with Crippen molar-refractivity contribution in [2.75, 3.05) is 0 Å². The van der Waals surface area contributed by atoms with Gasteiger partial charge in [0.2, 0.25) is 0 Å². The summed E-state index contributed by atoms with van der Waals surface area (Å²) >= 11 is 1.64. The molecule has 0 bridgehead atoms. The van der Waals surface area contributed by atoms with Gasteiger partial charge in [-0.05, 0) is 44.2 Å². The van der Waals surface area contributed by atoms with Crippen molar-refractivity contribution >= 4 is 28.0 Å². The summed E-state index contributed by atoms with van der Waals surface area (Å²) in [6.07, 6.45) is 1.83. The molecular formula is C16H14FNOS. The van der Waals surface area contributed by atoms with Gasteiger partial charge in [0.05, 0.1) is 6.54 Å². The number of hydrogen-bond donors (Lipinski definition) is 0. The average molecular weight is 287 g/mol. The molecular weight excluding hydrogens is 273 g/mol. The van der Waals surface area contributed by atoms with Crippen LogP contribution in [0.3, 0.4) is 0 Å². The number of nitrogens with zero attached hydrogens (tertiary/aromatic N) is 1. The van der Waals surface area contributed by atoms with Crippen molar-refractivity contribution < 1.29 is 9.18 Å². The first kappa shape index (κ1) is 13.1. The monoisotopic (exact) mass is 287 g/mol. The molecule has 0 N–H and O–H groups in total. The number of thiophene rings is 1. The van der Waals surface area contributed by atoms with E-state index >= 15 is 0 Å². The average Bonchev–Trinajstić information content (AvgIpc) is 2.93. The molecule has 102 valence electrons. The molecule has 0 saturated heterocycles. The highest BCUT2D eigenvalue weighted by atomic mass is 32.1. The van der Waals surface area contributed by atoms with Gasteiger partial charge in [0.15, 0.2) is 5.78 Å². The van der Waals surface area contributed by atoms with E-state index in [0.717, 1.165) is 26.2 Å². The SMILES string of the molecule is Cc1cc(C(=O)Cn2ccc3cc(F)ccc32)c(C)s1. The Morgan fingerprint density at radius 1 is 1.25 bits per heavy atom. The highest BCUT2D eigenvalue weighted by molar-refractivity contribution is 7.12. The first-order valence-electron chi connectivity index (χ1n) is 6.39. The lowest BCUT2D eigenvalue weighted by molar-refractivity contribution is 0.0973. The van der Waals surface area contributed by atoms with Crippen LogP contribution in [0.5, 0.6) is 0 Å². The molecule has 0 radical (unpaired) electrons. The first-order valence-corrected chi connectivity index (χ1v) is 7.21. The standard InChI is InChI=1S/C16H14FNOS/c1-10-7-14(11(2)20-10)16(19)9-18-6-5-12-8-13(17)3-4-15(12)18/h3-8H,9H2,1-2H3. The van der Waals surface area contributed by atoms with Gasteiger partial charge in [0.25, 0.3) is 0 Å². The number of halogens is 1. The molecule has 0 saturated carbocycles. The molecule has 0 aliphatic heterocycles. The number of hydrogen-bond acceptors (Lipinski definition) is 2. The van der Waals surface area contributed by atoms with Crippen LogP contribution in [0.2, 0.25) is 0 Å². The second-order valence-corrected chi connectivity index (χ2v) is 6.36. The van der Waals surface area contributed by atoms with E-state index in [0.29, 0.717) is 0 Å². The molecule has 0 atom stereocenters. The molecule has 0 unspecified atom stereocenters. The third-order valence-corrected chi connectivity index (χ3v) is 4.35. The number of Topliss-reactive ketones (excluding diaryl/α,β-unsaturated/α-hetero) is 1. The second kappa shape index (κ2) is 4.87. The van der Waals surface area contributed by atoms with Gasteiger partial charge in [-0.25, -0.2) is 4.39 Å². The van der Waals surface area contributed by atoms with E-state index in [1.54, 1.807) is 17.4 Å². The number of carbonyl (C=O) groups excluding carboxylic acids is 1. The highest BCUT2D eigenvalue weighted by Gasteiger charge is 2.13. The molecule has 1 aromatic carbocycles. The maximum atomic E-state index is 13.2. The number of ketones is 1. The minimum absolute atomic E-state index is 0.0914. The fourth-order valence-electron chi connectivity index (χ4n) is 2.46. The second-order valence-electron chi connectivity index (χ2n) is 4.90. The number of rotatable bonds is 3. The maximum absolute atomic E-state index is 13.2. The van der Waals surface area contributed by atoms with Crippen molar-refractivity contribution in [3.05, 3.63) is 57.7 Å². The van der Waals surface area contributed by atoms with E-state index in [1.807, 2.05) is 36.7 Å². The summed E-state index contributed by atoms with van der Waals surface area (Å²) in [7, 11) is 0. The third-order valence-electron chi connectivity index (χ3n) is 3.39. The Hall–Kier alpha value is -1.94. The van der Waals surface area contributed by atoms with Crippen LogP contribution in [0.4, 0.5) is 4.39 Å². The Labute approximate surface area is 120 Å². The van der Waals surface area contributed by atoms with Crippen molar-refractivity contribution in [1.29, 1.82) is 0 Å².